The molecule has 0 fully saturated rings. The summed E-state index contributed by atoms with van der Waals surface area (Å²) in [5, 5.41) is 0. The first kappa shape index (κ1) is 9.23. The lowest BCUT2D eigenvalue weighted by Crippen LogP contribution is -2.28. The first-order chi connectivity index (χ1) is 8.34. The van der Waals surface area contributed by atoms with Crippen LogP contribution in [0, 0.1) is 11.8 Å². The topological polar surface area (TPSA) is 0 Å². The molecule has 0 amide bonds. The summed E-state index contributed by atoms with van der Waals surface area (Å²) in [6.07, 6.45) is 20.4. The fraction of sp³-hybridized carbons (Fsp3) is 0.176. The third-order valence-corrected chi connectivity index (χ3v) is 4.23. The third kappa shape index (κ3) is 1.13. The van der Waals surface area contributed by atoms with Gasteiger partial charge in [-0.3, -0.25) is 0 Å². The number of hydrogen-bond donors (Lipinski definition) is 0. The Morgan fingerprint density at radius 2 is 1.41 bits per heavy atom. The van der Waals surface area contributed by atoms with Crippen molar-refractivity contribution in [3.05, 3.63) is 82.5 Å². The SMILES string of the molecule is CC1=C2C=CC3=CC=CC4=CC=C(C=C1)C2C34. The molecule has 0 bridgehead atoms. The van der Waals surface area contributed by atoms with Crippen LogP contribution in [0.2, 0.25) is 0 Å². The predicted molar refractivity (Wildman–Crippen MR) is 71.3 cm³/mol. The van der Waals surface area contributed by atoms with Gasteiger partial charge in [0.15, 0.2) is 0 Å². The van der Waals surface area contributed by atoms with Crippen LogP contribution >= 0.6 is 0 Å². The zero-order valence-corrected chi connectivity index (χ0v) is 9.85. The Kier molecular flexibility index (Phi) is 1.69. The molecule has 17 heavy (non-hydrogen) atoms. The molecule has 2 atom stereocenters. The molecule has 4 aliphatic carbocycles. The Labute approximate surface area is 102 Å². The van der Waals surface area contributed by atoms with Crippen LogP contribution in [0.4, 0.5) is 0 Å². The molecule has 82 valence electrons. The van der Waals surface area contributed by atoms with Crippen LogP contribution in [-0.4, -0.2) is 0 Å². The average Bonchev–Trinajstić information content (AvgIpc) is 2.38. The summed E-state index contributed by atoms with van der Waals surface area (Å²) in [6, 6.07) is 0. The van der Waals surface area contributed by atoms with Gasteiger partial charge in [0, 0.05) is 11.8 Å². The second-order valence-corrected chi connectivity index (χ2v) is 5.12. The fourth-order valence-corrected chi connectivity index (χ4v) is 3.36. The molecule has 2 unspecified atom stereocenters. The van der Waals surface area contributed by atoms with Crippen LogP contribution < -0.4 is 0 Å². The van der Waals surface area contributed by atoms with Gasteiger partial charge in [-0.1, -0.05) is 54.7 Å². The summed E-state index contributed by atoms with van der Waals surface area (Å²) in [5.74, 6) is 1.11. The summed E-state index contributed by atoms with van der Waals surface area (Å²) in [7, 11) is 0. The van der Waals surface area contributed by atoms with Crippen molar-refractivity contribution < 1.29 is 0 Å². The quantitative estimate of drug-likeness (QED) is 0.575. The van der Waals surface area contributed by atoms with Crippen LogP contribution in [-0.2, 0) is 0 Å². The van der Waals surface area contributed by atoms with E-state index in [1.807, 2.05) is 0 Å². The van der Waals surface area contributed by atoms with Gasteiger partial charge in [-0.05, 0) is 34.8 Å². The van der Waals surface area contributed by atoms with Crippen molar-refractivity contribution in [2.75, 3.05) is 0 Å². The lowest BCUT2D eigenvalue weighted by Gasteiger charge is -2.40. The monoisotopic (exact) mass is 218 g/mol. The molecule has 4 aliphatic rings. The van der Waals surface area contributed by atoms with Gasteiger partial charge in [0.25, 0.3) is 0 Å². The van der Waals surface area contributed by atoms with Crippen molar-refractivity contribution in [3.63, 3.8) is 0 Å². The molecule has 0 aliphatic heterocycles. The molecule has 0 N–H and O–H groups in total. The molecule has 4 rings (SSSR count). The number of hydrogen-bond acceptors (Lipinski definition) is 0. The molecule has 0 saturated carbocycles. The van der Waals surface area contributed by atoms with E-state index in [1.165, 1.54) is 27.9 Å². The van der Waals surface area contributed by atoms with E-state index < -0.39 is 0 Å². The number of rotatable bonds is 0. The van der Waals surface area contributed by atoms with Crippen molar-refractivity contribution in [1.29, 1.82) is 0 Å². The smallest absolute Gasteiger partial charge is 0.0201 e. The van der Waals surface area contributed by atoms with Gasteiger partial charge in [0.2, 0.25) is 0 Å². The van der Waals surface area contributed by atoms with Gasteiger partial charge < -0.3 is 0 Å². The minimum absolute atomic E-state index is 0.555. The van der Waals surface area contributed by atoms with Crippen LogP contribution in [0.3, 0.4) is 0 Å². The van der Waals surface area contributed by atoms with Gasteiger partial charge in [-0.15, -0.1) is 0 Å². The zero-order chi connectivity index (χ0) is 11.4. The van der Waals surface area contributed by atoms with Crippen molar-refractivity contribution in [2.45, 2.75) is 6.92 Å². The highest BCUT2D eigenvalue weighted by Gasteiger charge is 2.37. The normalized spacial score (nSPS) is 31.9. The standard InChI is InChI=1S/C17H14/c1-11-5-6-14-8-7-12-3-2-4-13-9-10-15(11)17(14)16(12)13/h2-10,16-17H,1H3. The van der Waals surface area contributed by atoms with E-state index in [4.69, 9.17) is 0 Å². The second kappa shape index (κ2) is 3.10. The van der Waals surface area contributed by atoms with Gasteiger partial charge in [0.05, 0.1) is 0 Å². The second-order valence-electron chi connectivity index (χ2n) is 5.12. The van der Waals surface area contributed by atoms with Crippen molar-refractivity contribution in [2.24, 2.45) is 11.8 Å². The predicted octanol–water partition coefficient (Wildman–Crippen LogP) is 4.04. The van der Waals surface area contributed by atoms with E-state index in [0.717, 1.165) is 0 Å². The van der Waals surface area contributed by atoms with E-state index in [0.29, 0.717) is 11.8 Å². The Balaban J connectivity index is 2.03. The Bertz CT molecular complexity index is 612. The highest BCUT2D eigenvalue weighted by atomic mass is 14.4. The maximum absolute atomic E-state index is 2.31. The largest absolute Gasteiger partial charge is 0.0617 e. The molecule has 0 heteroatoms. The van der Waals surface area contributed by atoms with Crippen LogP contribution in [0.25, 0.3) is 0 Å². The first-order valence-electron chi connectivity index (χ1n) is 6.21. The highest BCUT2D eigenvalue weighted by molar-refractivity contribution is 5.61. The van der Waals surface area contributed by atoms with Gasteiger partial charge in [-0.25, -0.2) is 0 Å². The Morgan fingerprint density at radius 3 is 2.29 bits per heavy atom. The Morgan fingerprint density at radius 1 is 0.706 bits per heavy atom. The van der Waals surface area contributed by atoms with Crippen LogP contribution in [0.15, 0.2) is 82.5 Å². The van der Waals surface area contributed by atoms with E-state index >= 15 is 0 Å². The molecule has 0 nitrogen and oxygen atoms in total. The van der Waals surface area contributed by atoms with Crippen molar-refractivity contribution in [1.82, 2.24) is 0 Å². The molecule has 0 aromatic carbocycles. The molecule has 0 saturated heterocycles. The minimum atomic E-state index is 0.555. The summed E-state index contributed by atoms with van der Waals surface area (Å²) in [4.78, 5) is 0. The summed E-state index contributed by atoms with van der Waals surface area (Å²) < 4.78 is 0. The summed E-state index contributed by atoms with van der Waals surface area (Å²) in [5.41, 5.74) is 7.30. The third-order valence-electron chi connectivity index (χ3n) is 4.23. The maximum atomic E-state index is 2.31. The molecular formula is C17H14. The van der Waals surface area contributed by atoms with Gasteiger partial charge in [0.1, 0.15) is 0 Å². The molecule has 0 radical (unpaired) electrons. The van der Waals surface area contributed by atoms with Gasteiger partial charge >= 0.3 is 0 Å². The average molecular weight is 218 g/mol. The lowest BCUT2D eigenvalue weighted by atomic mass is 9.64. The fourth-order valence-electron chi connectivity index (χ4n) is 3.36. The minimum Gasteiger partial charge on any atom is -0.0617 e. The van der Waals surface area contributed by atoms with E-state index in [9.17, 15) is 0 Å². The van der Waals surface area contributed by atoms with Crippen molar-refractivity contribution in [3.8, 4) is 0 Å². The van der Waals surface area contributed by atoms with Crippen LogP contribution in [0.5, 0.6) is 0 Å². The molecule has 0 spiro atoms. The molecular weight excluding hydrogens is 204 g/mol. The molecule has 0 aromatic rings. The van der Waals surface area contributed by atoms with E-state index in [1.54, 1.807) is 0 Å². The summed E-state index contributed by atoms with van der Waals surface area (Å²) >= 11 is 0. The maximum Gasteiger partial charge on any atom is 0.0201 e. The zero-order valence-electron chi connectivity index (χ0n) is 9.85. The van der Waals surface area contributed by atoms with Gasteiger partial charge in [-0.2, -0.15) is 0 Å². The lowest BCUT2D eigenvalue weighted by molar-refractivity contribution is 0.560. The van der Waals surface area contributed by atoms with E-state index in [-0.39, 0.29) is 0 Å². The van der Waals surface area contributed by atoms with Crippen LogP contribution in [0.1, 0.15) is 6.92 Å². The highest BCUT2D eigenvalue weighted by Crippen LogP contribution is 2.49. The van der Waals surface area contributed by atoms with Crippen molar-refractivity contribution >= 4 is 0 Å². The Hall–Kier alpha value is -1.82. The number of allylic oxidation sites excluding steroid dienone is 14. The van der Waals surface area contributed by atoms with E-state index in [2.05, 4.69) is 61.6 Å². The molecule has 0 heterocycles. The summed E-state index contributed by atoms with van der Waals surface area (Å²) in [6.45, 7) is 2.22. The first-order valence-corrected chi connectivity index (χ1v) is 6.21. The molecule has 0 aromatic heterocycles.